The normalized spacial score (nSPS) is 22.8. The maximum Gasteiger partial charge on any atom is 0.251 e. The first kappa shape index (κ1) is 30.1. The highest BCUT2D eigenvalue weighted by atomic mass is 32.2. The Bertz CT molecular complexity index is 1260. The van der Waals surface area contributed by atoms with Gasteiger partial charge in [0.25, 0.3) is 5.91 Å². The molecule has 0 radical (unpaired) electrons. The molecule has 1 aliphatic carbocycles. The van der Waals surface area contributed by atoms with Crippen molar-refractivity contribution >= 4 is 34.0 Å². The predicted molar refractivity (Wildman–Crippen MR) is 155 cm³/mol. The molecule has 1 spiro atoms. The third-order valence-electron chi connectivity index (χ3n) is 8.62. The number of ether oxygens (including phenoxy) is 1. The van der Waals surface area contributed by atoms with Gasteiger partial charge in [0.15, 0.2) is 0 Å². The third-order valence-corrected chi connectivity index (χ3v) is 9.36. The van der Waals surface area contributed by atoms with E-state index in [-0.39, 0.29) is 34.4 Å². The van der Waals surface area contributed by atoms with Crippen LogP contribution in [0.3, 0.4) is 0 Å². The second kappa shape index (κ2) is 12.8. The fraction of sp³-hybridized carbons (Fsp3) is 0.533. The Balaban J connectivity index is 0.00000370. The van der Waals surface area contributed by atoms with E-state index in [0.717, 1.165) is 44.1 Å². The number of benzene rings is 2. The van der Waals surface area contributed by atoms with E-state index < -0.39 is 16.8 Å². The highest BCUT2D eigenvalue weighted by Gasteiger charge is 2.43. The monoisotopic (exact) mass is 573 g/mol. The summed E-state index contributed by atoms with van der Waals surface area (Å²) in [5.74, 6) is -0.0850. The van der Waals surface area contributed by atoms with Crippen molar-refractivity contribution in [3.05, 3.63) is 58.9 Å². The summed E-state index contributed by atoms with van der Waals surface area (Å²) in [6, 6.07) is 9.48. The van der Waals surface area contributed by atoms with Gasteiger partial charge in [-0.05, 0) is 67.3 Å². The zero-order chi connectivity index (χ0) is 27.6. The molecular weight excluding hydrogens is 533 g/mol. The fourth-order valence-corrected chi connectivity index (χ4v) is 7.05. The van der Waals surface area contributed by atoms with Crippen molar-refractivity contribution in [3.8, 4) is 0 Å². The first-order valence-electron chi connectivity index (χ1n) is 13.9. The Morgan fingerprint density at radius 2 is 1.88 bits per heavy atom. The lowest BCUT2D eigenvalue weighted by atomic mass is 9.75. The Morgan fingerprint density at radius 1 is 1.15 bits per heavy atom. The van der Waals surface area contributed by atoms with E-state index in [0.29, 0.717) is 53.9 Å². The fourth-order valence-electron chi connectivity index (χ4n) is 6.40. The molecule has 2 heterocycles. The quantitative estimate of drug-likeness (QED) is 0.463. The number of hydrogen-bond donors (Lipinski definition) is 3. The van der Waals surface area contributed by atoms with E-state index in [1.807, 2.05) is 6.07 Å². The molecule has 1 saturated carbocycles. The summed E-state index contributed by atoms with van der Waals surface area (Å²) in [6.07, 6.45) is 6.80. The molecule has 0 bridgehead atoms. The summed E-state index contributed by atoms with van der Waals surface area (Å²) in [6.45, 7) is 4.08. The van der Waals surface area contributed by atoms with Crippen molar-refractivity contribution in [2.24, 2.45) is 11.8 Å². The molecule has 5 N–H and O–H groups in total. The predicted octanol–water partition coefficient (Wildman–Crippen LogP) is 3.92. The molecule has 2 aromatic carbocycles. The van der Waals surface area contributed by atoms with Crippen LogP contribution in [0.15, 0.2) is 36.4 Å². The molecule has 10 heteroatoms. The number of nitrogens with one attached hydrogen (secondary N) is 3. The van der Waals surface area contributed by atoms with E-state index in [2.05, 4.69) is 22.9 Å². The van der Waals surface area contributed by atoms with Gasteiger partial charge >= 0.3 is 0 Å². The van der Waals surface area contributed by atoms with Gasteiger partial charge in [0.05, 0.1) is 0 Å². The summed E-state index contributed by atoms with van der Waals surface area (Å²) in [7, 11) is -1.03. The zero-order valence-corrected chi connectivity index (χ0v) is 24.0. The summed E-state index contributed by atoms with van der Waals surface area (Å²) in [5, 5.41) is 9.24. The molecule has 40 heavy (non-hydrogen) atoms. The van der Waals surface area contributed by atoms with Gasteiger partial charge in [-0.1, -0.05) is 31.9 Å². The number of halogens is 1. The van der Waals surface area contributed by atoms with Gasteiger partial charge in [-0.2, -0.15) is 0 Å². The number of rotatable bonds is 7. The molecule has 2 amide bonds. The van der Waals surface area contributed by atoms with Crippen molar-refractivity contribution in [2.75, 3.05) is 36.6 Å². The van der Waals surface area contributed by atoms with Gasteiger partial charge < -0.3 is 26.2 Å². The van der Waals surface area contributed by atoms with Crippen LogP contribution in [0.2, 0.25) is 0 Å². The van der Waals surface area contributed by atoms with Crippen LogP contribution in [0.1, 0.15) is 66.9 Å². The van der Waals surface area contributed by atoms with Gasteiger partial charge in [-0.25, -0.2) is 4.39 Å². The number of carbonyl (C=O) groups is 2. The van der Waals surface area contributed by atoms with Crippen molar-refractivity contribution in [1.29, 1.82) is 0 Å². The van der Waals surface area contributed by atoms with Gasteiger partial charge in [0.1, 0.15) is 11.9 Å². The average molecular weight is 574 g/mol. The molecule has 8 nitrogen and oxygen atoms in total. The number of amides is 2. The Labute approximate surface area is 237 Å². The molecule has 5 rings (SSSR count). The van der Waals surface area contributed by atoms with Crippen LogP contribution in [0.5, 0.6) is 0 Å². The number of hydrogen-bond acceptors (Lipinski definition) is 5. The average Bonchev–Trinajstić information content (AvgIpc) is 3.25. The van der Waals surface area contributed by atoms with E-state index in [9.17, 15) is 13.8 Å². The highest BCUT2D eigenvalue weighted by Crippen LogP contribution is 2.46. The molecular formula is C30H40FN3O5S. The Hall–Kier alpha value is -2.82. The van der Waals surface area contributed by atoms with Crippen LogP contribution in [-0.2, 0) is 31.5 Å². The summed E-state index contributed by atoms with van der Waals surface area (Å²) in [5.41, 5.74) is 2.74. The first-order valence-corrected chi connectivity index (χ1v) is 15.6. The van der Waals surface area contributed by atoms with E-state index in [1.54, 1.807) is 30.5 Å². The molecule has 1 saturated heterocycles. The molecule has 2 atom stereocenters. The van der Waals surface area contributed by atoms with Gasteiger partial charge in [-0.3, -0.25) is 13.8 Å². The summed E-state index contributed by atoms with van der Waals surface area (Å²) < 4.78 is 32.6. The standard InChI is InChI=1S/C30H38FN3O4S.H2O/c1-19-6-8-21(9-7-19)27(34-28(35)22-5-3-4-20(14-22)17-39(2)37)29(36)33-23-15-24(31)26-25(16-23)32-18-30(26)10-12-38-13-11-30;/h3-5,14-16,19,21,27,32H,6-13,17-18H2,1-2H3,(H,33,36)(H,34,35);1H2/t19?,21?,27-,39?;/m0./s1. The van der Waals surface area contributed by atoms with Gasteiger partial charge in [-0.15, -0.1) is 0 Å². The van der Waals surface area contributed by atoms with Crippen molar-refractivity contribution in [3.63, 3.8) is 0 Å². The lowest BCUT2D eigenvalue weighted by molar-refractivity contribution is -0.119. The largest absolute Gasteiger partial charge is 0.412 e. The van der Waals surface area contributed by atoms with E-state index >= 15 is 4.39 Å². The number of carbonyl (C=O) groups excluding carboxylic acids is 2. The molecule has 3 aliphatic rings. The second-order valence-corrected chi connectivity index (χ2v) is 12.9. The van der Waals surface area contributed by atoms with E-state index in [1.165, 1.54) is 6.07 Å². The Kier molecular flexibility index (Phi) is 9.64. The van der Waals surface area contributed by atoms with Crippen molar-refractivity contribution in [1.82, 2.24) is 5.32 Å². The van der Waals surface area contributed by atoms with Crippen LogP contribution < -0.4 is 16.0 Å². The molecule has 0 aromatic heterocycles. The van der Waals surface area contributed by atoms with Gasteiger partial charge in [0.2, 0.25) is 5.91 Å². The number of fused-ring (bicyclic) bond motifs is 2. The van der Waals surface area contributed by atoms with Crippen molar-refractivity contribution < 1.29 is 28.4 Å². The maximum absolute atomic E-state index is 15.5. The van der Waals surface area contributed by atoms with Crippen LogP contribution >= 0.6 is 0 Å². The van der Waals surface area contributed by atoms with Crippen LogP contribution in [0, 0.1) is 17.7 Å². The zero-order valence-electron chi connectivity index (χ0n) is 23.2. The minimum atomic E-state index is -1.03. The topological polar surface area (TPSA) is 128 Å². The maximum atomic E-state index is 15.5. The van der Waals surface area contributed by atoms with Crippen LogP contribution in [0.25, 0.3) is 0 Å². The van der Waals surface area contributed by atoms with Crippen LogP contribution in [0.4, 0.5) is 15.8 Å². The minimum absolute atomic E-state index is 0. The molecule has 2 aromatic rings. The van der Waals surface area contributed by atoms with Gasteiger partial charge in [0, 0.05) is 70.5 Å². The second-order valence-electron chi connectivity index (χ2n) is 11.5. The van der Waals surface area contributed by atoms with Crippen molar-refractivity contribution in [2.45, 2.75) is 62.7 Å². The third kappa shape index (κ3) is 6.56. The molecule has 218 valence electrons. The molecule has 2 fully saturated rings. The number of anilines is 2. The summed E-state index contributed by atoms with van der Waals surface area (Å²) >= 11 is 0. The summed E-state index contributed by atoms with van der Waals surface area (Å²) in [4.78, 5) is 26.9. The highest BCUT2D eigenvalue weighted by molar-refractivity contribution is 7.83. The van der Waals surface area contributed by atoms with E-state index in [4.69, 9.17) is 4.74 Å². The molecule has 2 aliphatic heterocycles. The smallest absolute Gasteiger partial charge is 0.251 e. The minimum Gasteiger partial charge on any atom is -0.412 e. The SMILES string of the molecule is CC1CCC([C@H](NC(=O)c2cccc(CS(C)=O)c2)C(=O)Nc2cc(F)c3c(c2)NCC32CCOCC2)CC1.O. The Morgan fingerprint density at radius 3 is 2.58 bits per heavy atom. The first-order chi connectivity index (χ1) is 18.7. The van der Waals surface area contributed by atoms with Crippen LogP contribution in [-0.4, -0.2) is 53.6 Å². The molecule has 1 unspecified atom stereocenters. The lowest BCUT2D eigenvalue weighted by Gasteiger charge is -2.33. The lowest BCUT2D eigenvalue weighted by Crippen LogP contribution is -2.49.